The molecule has 0 aliphatic rings. The maximum absolute atomic E-state index is 13.4. The van der Waals surface area contributed by atoms with Gasteiger partial charge in [0.1, 0.15) is 11.9 Å². The van der Waals surface area contributed by atoms with Crippen LogP contribution in [0.1, 0.15) is 18.1 Å². The van der Waals surface area contributed by atoms with Crippen LogP contribution in [0, 0.1) is 5.82 Å². The Kier molecular flexibility index (Phi) is 4.35. The van der Waals surface area contributed by atoms with Crippen molar-refractivity contribution in [2.24, 2.45) is 5.73 Å². The SMILES string of the molecule is N[C@H](C[C@@H](O)c1cccc(Cl)c1F)C(F)(F)F. The summed E-state index contributed by atoms with van der Waals surface area (Å²) >= 11 is 5.44. The van der Waals surface area contributed by atoms with Gasteiger partial charge in [-0.3, -0.25) is 0 Å². The number of benzene rings is 1. The smallest absolute Gasteiger partial charge is 0.388 e. The summed E-state index contributed by atoms with van der Waals surface area (Å²) in [6, 6.07) is 1.52. The lowest BCUT2D eigenvalue weighted by molar-refractivity contribution is -0.154. The molecule has 0 radical (unpaired) electrons. The second kappa shape index (κ2) is 5.20. The molecule has 0 bridgehead atoms. The van der Waals surface area contributed by atoms with Gasteiger partial charge in [0.25, 0.3) is 0 Å². The molecule has 2 nitrogen and oxygen atoms in total. The molecule has 7 heteroatoms. The van der Waals surface area contributed by atoms with Crippen LogP contribution in [-0.4, -0.2) is 17.3 Å². The summed E-state index contributed by atoms with van der Waals surface area (Å²) in [5.74, 6) is -0.934. The summed E-state index contributed by atoms with van der Waals surface area (Å²) in [4.78, 5) is 0. The lowest BCUT2D eigenvalue weighted by Crippen LogP contribution is -2.38. The zero-order chi connectivity index (χ0) is 13.2. The van der Waals surface area contributed by atoms with E-state index < -0.39 is 30.6 Å². The molecule has 1 aromatic rings. The molecule has 0 aliphatic carbocycles. The van der Waals surface area contributed by atoms with Gasteiger partial charge in [-0.25, -0.2) is 4.39 Å². The van der Waals surface area contributed by atoms with E-state index in [1.54, 1.807) is 0 Å². The monoisotopic (exact) mass is 271 g/mol. The number of halogens is 5. The molecule has 0 fully saturated rings. The summed E-state index contributed by atoms with van der Waals surface area (Å²) in [6.45, 7) is 0. The Morgan fingerprint density at radius 1 is 1.35 bits per heavy atom. The highest BCUT2D eigenvalue weighted by molar-refractivity contribution is 6.30. The zero-order valence-electron chi connectivity index (χ0n) is 8.51. The van der Waals surface area contributed by atoms with Gasteiger partial charge in [0.2, 0.25) is 0 Å². The molecule has 0 aliphatic heterocycles. The Bertz CT molecular complexity index is 396. The molecule has 96 valence electrons. The Balaban J connectivity index is 2.84. The van der Waals surface area contributed by atoms with Crippen LogP contribution in [0.15, 0.2) is 18.2 Å². The van der Waals surface area contributed by atoms with Crippen molar-refractivity contribution in [2.75, 3.05) is 0 Å². The van der Waals surface area contributed by atoms with Gasteiger partial charge >= 0.3 is 6.18 Å². The molecule has 0 saturated carbocycles. The predicted molar refractivity (Wildman–Crippen MR) is 55.0 cm³/mol. The maximum Gasteiger partial charge on any atom is 0.403 e. The van der Waals surface area contributed by atoms with Crippen molar-refractivity contribution in [3.8, 4) is 0 Å². The number of alkyl halides is 3. The van der Waals surface area contributed by atoms with Gasteiger partial charge in [-0.05, 0) is 6.07 Å². The number of aliphatic hydroxyl groups excluding tert-OH is 1. The maximum atomic E-state index is 13.4. The molecule has 2 atom stereocenters. The largest absolute Gasteiger partial charge is 0.403 e. The van der Waals surface area contributed by atoms with E-state index in [1.165, 1.54) is 12.1 Å². The second-order valence-corrected chi connectivity index (χ2v) is 3.95. The lowest BCUT2D eigenvalue weighted by atomic mass is 10.0. The van der Waals surface area contributed by atoms with E-state index in [2.05, 4.69) is 0 Å². The Morgan fingerprint density at radius 2 is 1.94 bits per heavy atom. The molecular formula is C10H10ClF4NO. The highest BCUT2D eigenvalue weighted by Gasteiger charge is 2.38. The van der Waals surface area contributed by atoms with Gasteiger partial charge in [0.05, 0.1) is 11.1 Å². The number of hydrogen-bond acceptors (Lipinski definition) is 2. The van der Waals surface area contributed by atoms with Crippen LogP contribution in [0.25, 0.3) is 0 Å². The highest BCUT2D eigenvalue weighted by Crippen LogP contribution is 2.29. The van der Waals surface area contributed by atoms with E-state index in [0.29, 0.717) is 0 Å². The fourth-order valence-corrected chi connectivity index (χ4v) is 1.46. The van der Waals surface area contributed by atoms with Crippen molar-refractivity contribution >= 4 is 11.6 Å². The minimum absolute atomic E-state index is 0.262. The van der Waals surface area contributed by atoms with Crippen LogP contribution >= 0.6 is 11.6 Å². The number of nitrogens with two attached hydrogens (primary N) is 1. The molecular weight excluding hydrogens is 262 g/mol. The molecule has 1 rings (SSSR count). The molecule has 3 N–H and O–H groups in total. The molecule has 17 heavy (non-hydrogen) atoms. The van der Waals surface area contributed by atoms with Gasteiger partial charge < -0.3 is 10.8 Å². The second-order valence-electron chi connectivity index (χ2n) is 3.54. The van der Waals surface area contributed by atoms with Crippen molar-refractivity contribution in [1.82, 2.24) is 0 Å². The highest BCUT2D eigenvalue weighted by atomic mass is 35.5. The number of hydrogen-bond donors (Lipinski definition) is 2. The van der Waals surface area contributed by atoms with Crippen LogP contribution in [0.4, 0.5) is 17.6 Å². The first kappa shape index (κ1) is 14.2. The topological polar surface area (TPSA) is 46.2 Å². The molecule has 1 aromatic carbocycles. The molecule has 0 heterocycles. The first-order valence-corrected chi connectivity index (χ1v) is 5.05. The standard InChI is InChI=1S/C10H10ClF4NO/c11-6-3-1-2-5(9(6)12)7(17)4-8(16)10(13,14)15/h1-3,7-8,17H,4,16H2/t7-,8-/m1/s1. The van der Waals surface area contributed by atoms with E-state index in [9.17, 15) is 22.7 Å². The van der Waals surface area contributed by atoms with Crippen molar-refractivity contribution in [3.05, 3.63) is 34.6 Å². The van der Waals surface area contributed by atoms with E-state index in [-0.39, 0.29) is 10.6 Å². The van der Waals surface area contributed by atoms with Gasteiger partial charge in [-0.1, -0.05) is 23.7 Å². The van der Waals surface area contributed by atoms with Crippen LogP contribution < -0.4 is 5.73 Å². The fourth-order valence-electron chi connectivity index (χ4n) is 1.28. The molecule has 0 saturated heterocycles. The third-order valence-corrected chi connectivity index (χ3v) is 2.53. The summed E-state index contributed by atoms with van der Waals surface area (Å²) in [7, 11) is 0. The van der Waals surface area contributed by atoms with Gasteiger partial charge in [0, 0.05) is 12.0 Å². The third kappa shape index (κ3) is 3.55. The molecule has 0 aromatic heterocycles. The minimum atomic E-state index is -4.63. The quantitative estimate of drug-likeness (QED) is 0.831. The van der Waals surface area contributed by atoms with Crippen molar-refractivity contribution in [3.63, 3.8) is 0 Å². The Hall–Kier alpha value is -0.850. The van der Waals surface area contributed by atoms with Crippen molar-refractivity contribution < 1.29 is 22.7 Å². The average molecular weight is 272 g/mol. The van der Waals surface area contributed by atoms with E-state index in [0.717, 1.165) is 6.07 Å². The minimum Gasteiger partial charge on any atom is -0.388 e. The van der Waals surface area contributed by atoms with E-state index >= 15 is 0 Å². The van der Waals surface area contributed by atoms with E-state index in [4.69, 9.17) is 17.3 Å². The van der Waals surface area contributed by atoms with Crippen LogP contribution in [0.5, 0.6) is 0 Å². The summed E-state index contributed by atoms with van der Waals surface area (Å²) in [5.41, 5.74) is 4.54. The van der Waals surface area contributed by atoms with Crippen molar-refractivity contribution in [2.45, 2.75) is 24.7 Å². The van der Waals surface area contributed by atoms with Gasteiger partial charge in [0.15, 0.2) is 0 Å². The Morgan fingerprint density at radius 3 is 2.47 bits per heavy atom. The Labute approximate surface area is 100.0 Å². The predicted octanol–water partition coefficient (Wildman–Crippen LogP) is 2.79. The summed E-state index contributed by atoms with van der Waals surface area (Å²) in [5, 5.41) is 9.22. The normalized spacial score (nSPS) is 15.7. The summed E-state index contributed by atoms with van der Waals surface area (Å²) in [6.07, 6.45) is -7.10. The van der Waals surface area contributed by atoms with Gasteiger partial charge in [-0.2, -0.15) is 13.2 Å². The van der Waals surface area contributed by atoms with E-state index in [1.807, 2.05) is 0 Å². The van der Waals surface area contributed by atoms with Crippen LogP contribution in [-0.2, 0) is 0 Å². The van der Waals surface area contributed by atoms with Crippen LogP contribution in [0.2, 0.25) is 5.02 Å². The molecule has 0 amide bonds. The lowest BCUT2D eigenvalue weighted by Gasteiger charge is -2.19. The number of aliphatic hydroxyl groups is 1. The molecule has 0 spiro atoms. The van der Waals surface area contributed by atoms with Crippen molar-refractivity contribution in [1.29, 1.82) is 0 Å². The summed E-state index contributed by atoms with van der Waals surface area (Å²) < 4.78 is 49.8. The zero-order valence-corrected chi connectivity index (χ0v) is 9.26. The average Bonchev–Trinajstić information content (AvgIpc) is 2.20. The third-order valence-electron chi connectivity index (χ3n) is 2.24. The fraction of sp³-hybridized carbons (Fsp3) is 0.400. The number of rotatable bonds is 3. The van der Waals surface area contributed by atoms with Crippen LogP contribution in [0.3, 0.4) is 0 Å². The molecule has 0 unspecified atom stereocenters. The first-order chi connectivity index (χ1) is 7.73. The first-order valence-electron chi connectivity index (χ1n) is 4.67. The van der Waals surface area contributed by atoms with Gasteiger partial charge in [-0.15, -0.1) is 0 Å².